The Morgan fingerprint density at radius 1 is 1.09 bits per heavy atom. The van der Waals surface area contributed by atoms with Gasteiger partial charge in [0.2, 0.25) is 5.88 Å². The summed E-state index contributed by atoms with van der Waals surface area (Å²) in [6.07, 6.45) is 2.18. The highest BCUT2D eigenvalue weighted by molar-refractivity contribution is 6.30. The summed E-state index contributed by atoms with van der Waals surface area (Å²) in [5.41, 5.74) is 2.19. The average molecular weight is 488 g/mol. The van der Waals surface area contributed by atoms with Crippen LogP contribution >= 0.6 is 11.6 Å². The molecule has 3 aromatic heterocycles. The number of ether oxygens (including phenoxy) is 1. The SMILES string of the molecule is COc1nc(-c2cn3c(n2)[C@@H](c2cc(Cl)ccc2C(F)(F)F)CCC3)ccc1-n1cnc(C)c1. The smallest absolute Gasteiger partial charge is 0.416 e. The maximum absolute atomic E-state index is 13.7. The molecule has 0 aliphatic carbocycles. The Labute approximate surface area is 199 Å². The fourth-order valence-corrected chi connectivity index (χ4v) is 4.64. The van der Waals surface area contributed by atoms with Gasteiger partial charge in [0.15, 0.2) is 0 Å². The van der Waals surface area contributed by atoms with Gasteiger partial charge in [-0.25, -0.2) is 15.0 Å². The predicted octanol–water partition coefficient (Wildman–Crippen LogP) is 6.05. The third-order valence-electron chi connectivity index (χ3n) is 5.99. The number of aryl methyl sites for hydroxylation is 2. The quantitative estimate of drug-likeness (QED) is 0.352. The maximum Gasteiger partial charge on any atom is 0.416 e. The van der Waals surface area contributed by atoms with Gasteiger partial charge in [0.1, 0.15) is 17.2 Å². The van der Waals surface area contributed by atoms with Crippen molar-refractivity contribution in [3.8, 4) is 23.0 Å². The molecule has 0 amide bonds. The van der Waals surface area contributed by atoms with Gasteiger partial charge in [-0.15, -0.1) is 0 Å². The molecule has 0 N–H and O–H groups in total. The number of hydrogen-bond donors (Lipinski definition) is 0. The van der Waals surface area contributed by atoms with Gasteiger partial charge < -0.3 is 13.9 Å². The fourth-order valence-electron chi connectivity index (χ4n) is 4.46. The first-order chi connectivity index (χ1) is 16.2. The van der Waals surface area contributed by atoms with E-state index in [9.17, 15) is 13.2 Å². The predicted molar refractivity (Wildman–Crippen MR) is 121 cm³/mol. The number of methoxy groups -OCH3 is 1. The van der Waals surface area contributed by atoms with E-state index in [0.29, 0.717) is 36.1 Å². The van der Waals surface area contributed by atoms with Crippen molar-refractivity contribution in [3.05, 3.63) is 76.7 Å². The Morgan fingerprint density at radius 2 is 1.91 bits per heavy atom. The number of imidazole rings is 2. The molecule has 0 unspecified atom stereocenters. The molecule has 6 nitrogen and oxygen atoms in total. The number of nitrogens with zero attached hydrogens (tertiary/aromatic N) is 5. The highest BCUT2D eigenvalue weighted by Crippen LogP contribution is 2.42. The molecular weight excluding hydrogens is 467 g/mol. The van der Waals surface area contributed by atoms with Crippen molar-refractivity contribution >= 4 is 11.6 Å². The Balaban J connectivity index is 1.56. The Kier molecular flexibility index (Phi) is 5.59. The number of hydrogen-bond acceptors (Lipinski definition) is 4. The summed E-state index contributed by atoms with van der Waals surface area (Å²) in [6, 6.07) is 7.40. The fraction of sp³-hybridized carbons (Fsp3) is 0.292. The van der Waals surface area contributed by atoms with Crippen LogP contribution in [0.15, 0.2) is 49.1 Å². The molecule has 176 valence electrons. The van der Waals surface area contributed by atoms with E-state index >= 15 is 0 Å². The van der Waals surface area contributed by atoms with E-state index in [2.05, 4.69) is 9.97 Å². The molecule has 0 radical (unpaired) electrons. The van der Waals surface area contributed by atoms with Crippen LogP contribution in [0.3, 0.4) is 0 Å². The number of aromatic nitrogens is 5. The molecule has 10 heteroatoms. The van der Waals surface area contributed by atoms with Crippen molar-refractivity contribution in [2.75, 3.05) is 7.11 Å². The van der Waals surface area contributed by atoms with Gasteiger partial charge in [0.05, 0.1) is 30.4 Å². The van der Waals surface area contributed by atoms with Crippen LogP contribution in [0, 0.1) is 6.92 Å². The molecule has 4 heterocycles. The highest BCUT2D eigenvalue weighted by atomic mass is 35.5. The van der Waals surface area contributed by atoms with Gasteiger partial charge in [0, 0.05) is 29.9 Å². The van der Waals surface area contributed by atoms with Crippen LogP contribution in [0.5, 0.6) is 5.88 Å². The van der Waals surface area contributed by atoms with Crippen molar-refractivity contribution in [2.24, 2.45) is 0 Å². The first-order valence-electron chi connectivity index (χ1n) is 10.7. The summed E-state index contributed by atoms with van der Waals surface area (Å²) in [5.74, 6) is 0.448. The lowest BCUT2D eigenvalue weighted by atomic mass is 9.87. The molecule has 0 spiro atoms. The molecule has 1 aliphatic heterocycles. The molecule has 1 aromatic carbocycles. The monoisotopic (exact) mass is 487 g/mol. The third-order valence-corrected chi connectivity index (χ3v) is 6.23. The number of alkyl halides is 3. The molecule has 0 bridgehead atoms. The second kappa shape index (κ2) is 8.47. The van der Waals surface area contributed by atoms with Crippen LogP contribution in [0.25, 0.3) is 17.1 Å². The van der Waals surface area contributed by atoms with E-state index in [1.54, 1.807) is 6.33 Å². The number of benzene rings is 1. The van der Waals surface area contributed by atoms with E-state index in [4.69, 9.17) is 21.3 Å². The Morgan fingerprint density at radius 3 is 2.62 bits per heavy atom. The first kappa shape index (κ1) is 22.5. The average Bonchev–Trinajstić information content (AvgIpc) is 3.43. The molecule has 1 atom stereocenters. The van der Waals surface area contributed by atoms with Gasteiger partial charge in [-0.2, -0.15) is 13.2 Å². The molecule has 1 aliphatic rings. The van der Waals surface area contributed by atoms with Crippen molar-refractivity contribution in [3.63, 3.8) is 0 Å². The van der Waals surface area contributed by atoms with Crippen LogP contribution in [-0.4, -0.2) is 31.2 Å². The number of fused-ring (bicyclic) bond motifs is 1. The van der Waals surface area contributed by atoms with E-state index < -0.39 is 17.7 Å². The molecule has 0 saturated heterocycles. The minimum Gasteiger partial charge on any atom is -0.479 e. The second-order valence-electron chi connectivity index (χ2n) is 8.25. The Bertz CT molecular complexity index is 1360. The summed E-state index contributed by atoms with van der Waals surface area (Å²) in [4.78, 5) is 13.6. The van der Waals surface area contributed by atoms with Crippen molar-refractivity contribution in [1.29, 1.82) is 0 Å². The van der Waals surface area contributed by atoms with Crippen LogP contribution in [0.2, 0.25) is 5.02 Å². The van der Waals surface area contributed by atoms with Gasteiger partial charge >= 0.3 is 6.18 Å². The zero-order valence-electron chi connectivity index (χ0n) is 18.5. The van der Waals surface area contributed by atoms with Crippen molar-refractivity contribution < 1.29 is 17.9 Å². The highest BCUT2D eigenvalue weighted by Gasteiger charge is 2.37. The molecule has 0 fully saturated rings. The minimum absolute atomic E-state index is 0.148. The van der Waals surface area contributed by atoms with E-state index in [1.807, 2.05) is 40.6 Å². The van der Waals surface area contributed by atoms with Crippen molar-refractivity contribution in [1.82, 2.24) is 24.1 Å². The zero-order valence-corrected chi connectivity index (χ0v) is 19.2. The summed E-state index contributed by atoms with van der Waals surface area (Å²) >= 11 is 6.09. The number of rotatable bonds is 4. The van der Waals surface area contributed by atoms with Gasteiger partial charge in [-0.05, 0) is 55.7 Å². The van der Waals surface area contributed by atoms with Crippen LogP contribution < -0.4 is 4.74 Å². The summed E-state index contributed by atoms with van der Waals surface area (Å²) in [6.45, 7) is 2.56. The molecule has 4 aromatic rings. The summed E-state index contributed by atoms with van der Waals surface area (Å²) < 4.78 is 50.5. The van der Waals surface area contributed by atoms with Gasteiger partial charge in [0.25, 0.3) is 0 Å². The molecule has 5 rings (SSSR count). The first-order valence-corrected chi connectivity index (χ1v) is 11.1. The van der Waals surface area contributed by atoms with Crippen LogP contribution in [0.1, 0.15) is 41.4 Å². The minimum atomic E-state index is -4.48. The number of pyridine rings is 1. The Hall–Kier alpha value is -3.33. The van der Waals surface area contributed by atoms with Crippen LogP contribution in [0.4, 0.5) is 13.2 Å². The standard InChI is InChI=1S/C24H21ClF3N5O/c1-14-11-33(13-29-14)21-8-7-19(31-23(21)34-2)20-12-32-9-3-4-16(22(32)30-20)17-10-15(25)5-6-18(17)24(26,27)28/h5-8,10-13,16H,3-4,9H2,1-2H3/t16-/m1/s1. The van der Waals surface area contributed by atoms with Gasteiger partial charge in [-0.1, -0.05) is 11.6 Å². The topological polar surface area (TPSA) is 57.8 Å². The van der Waals surface area contributed by atoms with Gasteiger partial charge in [-0.3, -0.25) is 0 Å². The maximum atomic E-state index is 13.7. The lowest BCUT2D eigenvalue weighted by molar-refractivity contribution is -0.138. The molecule has 34 heavy (non-hydrogen) atoms. The van der Waals surface area contributed by atoms with Crippen LogP contribution in [-0.2, 0) is 12.7 Å². The second-order valence-corrected chi connectivity index (χ2v) is 8.69. The summed E-state index contributed by atoms with van der Waals surface area (Å²) in [7, 11) is 1.53. The molecular formula is C24H21ClF3N5O. The zero-order chi connectivity index (χ0) is 24.0. The normalized spacial score (nSPS) is 15.9. The van der Waals surface area contributed by atoms with Crippen molar-refractivity contribution in [2.45, 2.75) is 38.4 Å². The lowest BCUT2D eigenvalue weighted by Gasteiger charge is -2.26. The third kappa shape index (κ3) is 4.04. The lowest BCUT2D eigenvalue weighted by Crippen LogP contribution is -2.20. The van der Waals surface area contributed by atoms with E-state index in [1.165, 1.54) is 19.2 Å². The largest absolute Gasteiger partial charge is 0.479 e. The van der Waals surface area contributed by atoms with E-state index in [0.717, 1.165) is 23.9 Å². The number of halogens is 4. The summed E-state index contributed by atoms with van der Waals surface area (Å²) in [5, 5.41) is 0.267. The van der Waals surface area contributed by atoms with E-state index in [-0.39, 0.29) is 10.6 Å². The molecule has 0 saturated carbocycles.